The molecule has 0 radical (unpaired) electrons. The Balaban J connectivity index is 0.00000144. The molecule has 0 bridgehead atoms. The van der Waals surface area contributed by atoms with Gasteiger partial charge >= 0.3 is 0 Å². The van der Waals surface area contributed by atoms with E-state index in [1.54, 1.807) is 11.3 Å². The van der Waals surface area contributed by atoms with Crippen molar-refractivity contribution in [3.05, 3.63) is 52.5 Å². The van der Waals surface area contributed by atoms with Crippen LogP contribution in [0.5, 0.6) is 0 Å². The molecule has 3 atom stereocenters. The van der Waals surface area contributed by atoms with E-state index in [2.05, 4.69) is 57.5 Å². The predicted octanol–water partition coefficient (Wildman–Crippen LogP) is 3.30. The summed E-state index contributed by atoms with van der Waals surface area (Å²) in [4.78, 5) is 9.57. The second-order valence-electron chi connectivity index (χ2n) is 6.34. The minimum atomic E-state index is 0. The second-order valence-corrected chi connectivity index (χ2v) is 7.32. The first-order chi connectivity index (χ1) is 10.3. The average molecular weight is 336 g/mol. The first-order valence-electron chi connectivity index (χ1n) is 7.67. The van der Waals surface area contributed by atoms with Crippen molar-refractivity contribution >= 4 is 23.7 Å². The normalized spacial score (nSPS) is 28.5. The lowest BCUT2D eigenvalue weighted by molar-refractivity contribution is 0.224. The standard InChI is InChI=1S/C17H21N3S.ClH/c1-19-9-14-10-20(12-16-18-7-8-21-16)11-15(14)17(19)13-5-3-2-4-6-13;/h2-8,14-15,17H,9-12H2,1H3;1H/t14-,15+,17-;/m0./s1. The van der Waals surface area contributed by atoms with Crippen molar-refractivity contribution in [1.82, 2.24) is 14.8 Å². The van der Waals surface area contributed by atoms with E-state index in [0.717, 1.165) is 18.4 Å². The maximum absolute atomic E-state index is 4.43. The summed E-state index contributed by atoms with van der Waals surface area (Å²) in [6.07, 6.45) is 1.91. The van der Waals surface area contributed by atoms with Gasteiger partial charge in [0.25, 0.3) is 0 Å². The van der Waals surface area contributed by atoms with Crippen LogP contribution in [-0.2, 0) is 6.54 Å². The zero-order valence-electron chi connectivity index (χ0n) is 12.8. The van der Waals surface area contributed by atoms with Gasteiger partial charge in [0.15, 0.2) is 0 Å². The van der Waals surface area contributed by atoms with Crippen molar-refractivity contribution in [2.45, 2.75) is 12.6 Å². The Labute approximate surface area is 142 Å². The highest BCUT2D eigenvalue weighted by molar-refractivity contribution is 7.09. The van der Waals surface area contributed by atoms with Gasteiger partial charge in [0.1, 0.15) is 5.01 Å². The van der Waals surface area contributed by atoms with Gasteiger partial charge in [-0.15, -0.1) is 23.7 Å². The van der Waals surface area contributed by atoms with Gasteiger partial charge in [-0.25, -0.2) is 4.98 Å². The average Bonchev–Trinajstić information content (AvgIpc) is 3.17. The molecule has 4 rings (SSSR count). The third-order valence-corrected chi connectivity index (χ3v) is 5.72. The van der Waals surface area contributed by atoms with Gasteiger partial charge in [0.05, 0.1) is 6.54 Å². The number of fused-ring (bicyclic) bond motifs is 1. The van der Waals surface area contributed by atoms with Gasteiger partial charge in [-0.05, 0) is 24.4 Å². The molecule has 2 saturated heterocycles. The third kappa shape index (κ3) is 2.93. The van der Waals surface area contributed by atoms with Crippen molar-refractivity contribution in [3.63, 3.8) is 0 Å². The lowest BCUT2D eigenvalue weighted by Crippen LogP contribution is -2.28. The fraction of sp³-hybridized carbons (Fsp3) is 0.471. The van der Waals surface area contributed by atoms with E-state index in [1.165, 1.54) is 30.2 Å². The van der Waals surface area contributed by atoms with Crippen LogP contribution in [0.2, 0.25) is 0 Å². The Morgan fingerprint density at radius 3 is 2.73 bits per heavy atom. The molecular formula is C17H22ClN3S. The topological polar surface area (TPSA) is 19.4 Å². The highest BCUT2D eigenvalue weighted by Crippen LogP contribution is 2.44. The van der Waals surface area contributed by atoms with Crippen LogP contribution in [0.15, 0.2) is 41.9 Å². The maximum Gasteiger partial charge on any atom is 0.107 e. The van der Waals surface area contributed by atoms with Crippen LogP contribution < -0.4 is 0 Å². The third-order valence-electron chi connectivity index (χ3n) is 4.95. The van der Waals surface area contributed by atoms with Crippen molar-refractivity contribution in [3.8, 4) is 0 Å². The molecule has 1 aromatic carbocycles. The Hall–Kier alpha value is -0.940. The van der Waals surface area contributed by atoms with Gasteiger partial charge < -0.3 is 0 Å². The molecule has 3 heterocycles. The summed E-state index contributed by atoms with van der Waals surface area (Å²) in [5, 5.41) is 3.33. The summed E-state index contributed by atoms with van der Waals surface area (Å²) in [6.45, 7) is 4.67. The molecule has 2 aliphatic rings. The molecule has 2 aliphatic heterocycles. The molecule has 0 saturated carbocycles. The van der Waals surface area contributed by atoms with Crippen molar-refractivity contribution in [2.24, 2.45) is 11.8 Å². The van der Waals surface area contributed by atoms with Crippen LogP contribution in [-0.4, -0.2) is 41.5 Å². The fourth-order valence-electron chi connectivity index (χ4n) is 4.15. The Morgan fingerprint density at radius 1 is 1.18 bits per heavy atom. The molecule has 1 aromatic heterocycles. The van der Waals surface area contributed by atoms with Crippen molar-refractivity contribution in [2.75, 3.05) is 26.7 Å². The number of hydrogen-bond acceptors (Lipinski definition) is 4. The molecule has 2 aromatic rings. The van der Waals surface area contributed by atoms with Gasteiger partial charge in [0, 0.05) is 37.3 Å². The van der Waals surface area contributed by atoms with Crippen LogP contribution in [0.3, 0.4) is 0 Å². The van der Waals surface area contributed by atoms with Crippen LogP contribution >= 0.6 is 23.7 Å². The molecule has 2 fully saturated rings. The molecule has 3 nitrogen and oxygen atoms in total. The number of aromatic nitrogens is 1. The number of likely N-dealkylation sites (tertiary alicyclic amines) is 2. The first kappa shape index (κ1) is 15.9. The zero-order valence-corrected chi connectivity index (χ0v) is 14.4. The molecule has 118 valence electrons. The summed E-state index contributed by atoms with van der Waals surface area (Å²) in [6, 6.07) is 11.6. The molecule has 0 spiro atoms. The fourth-order valence-corrected chi connectivity index (χ4v) is 4.81. The van der Waals surface area contributed by atoms with E-state index >= 15 is 0 Å². The smallest absolute Gasteiger partial charge is 0.107 e. The van der Waals surface area contributed by atoms with Crippen LogP contribution in [0.1, 0.15) is 16.6 Å². The SMILES string of the molecule is CN1C[C@H]2CN(Cc3nccs3)C[C@H]2[C@@H]1c1ccccc1.Cl. The van der Waals surface area contributed by atoms with E-state index in [4.69, 9.17) is 0 Å². The Kier molecular flexibility index (Phi) is 4.83. The summed E-state index contributed by atoms with van der Waals surface area (Å²) < 4.78 is 0. The van der Waals surface area contributed by atoms with Gasteiger partial charge in [-0.2, -0.15) is 0 Å². The Morgan fingerprint density at radius 2 is 2.00 bits per heavy atom. The largest absolute Gasteiger partial charge is 0.299 e. The molecule has 0 N–H and O–H groups in total. The molecule has 0 amide bonds. The molecule has 0 unspecified atom stereocenters. The number of thiazole rings is 1. The minimum Gasteiger partial charge on any atom is -0.299 e. The van der Waals surface area contributed by atoms with E-state index < -0.39 is 0 Å². The zero-order chi connectivity index (χ0) is 14.2. The van der Waals surface area contributed by atoms with Gasteiger partial charge in [0.2, 0.25) is 0 Å². The number of benzene rings is 1. The Bertz CT molecular complexity index is 589. The molecule has 22 heavy (non-hydrogen) atoms. The number of hydrogen-bond donors (Lipinski definition) is 0. The highest BCUT2D eigenvalue weighted by atomic mass is 35.5. The molecule has 5 heteroatoms. The summed E-state index contributed by atoms with van der Waals surface area (Å²) in [5.41, 5.74) is 1.48. The van der Waals surface area contributed by atoms with Crippen LogP contribution in [0.25, 0.3) is 0 Å². The van der Waals surface area contributed by atoms with Gasteiger partial charge in [-0.3, -0.25) is 9.80 Å². The van der Waals surface area contributed by atoms with Crippen LogP contribution in [0, 0.1) is 11.8 Å². The first-order valence-corrected chi connectivity index (χ1v) is 8.55. The van der Waals surface area contributed by atoms with E-state index in [9.17, 15) is 0 Å². The van der Waals surface area contributed by atoms with Crippen molar-refractivity contribution < 1.29 is 0 Å². The highest BCUT2D eigenvalue weighted by Gasteiger charge is 2.45. The lowest BCUT2D eigenvalue weighted by Gasteiger charge is -2.26. The van der Waals surface area contributed by atoms with Gasteiger partial charge in [-0.1, -0.05) is 30.3 Å². The van der Waals surface area contributed by atoms with E-state index in [-0.39, 0.29) is 12.4 Å². The van der Waals surface area contributed by atoms with E-state index in [0.29, 0.717) is 6.04 Å². The summed E-state index contributed by atoms with van der Waals surface area (Å²) in [7, 11) is 2.28. The second kappa shape index (κ2) is 6.67. The number of rotatable bonds is 3. The quantitative estimate of drug-likeness (QED) is 0.858. The van der Waals surface area contributed by atoms with Crippen molar-refractivity contribution in [1.29, 1.82) is 0 Å². The summed E-state index contributed by atoms with van der Waals surface area (Å²) in [5.74, 6) is 1.57. The number of nitrogens with zero attached hydrogens (tertiary/aromatic N) is 3. The molecule has 0 aliphatic carbocycles. The lowest BCUT2D eigenvalue weighted by atomic mass is 9.90. The van der Waals surface area contributed by atoms with E-state index in [1.807, 2.05) is 6.20 Å². The number of halogens is 1. The van der Waals surface area contributed by atoms with Crippen LogP contribution in [0.4, 0.5) is 0 Å². The predicted molar refractivity (Wildman–Crippen MR) is 93.4 cm³/mol. The maximum atomic E-state index is 4.43. The minimum absolute atomic E-state index is 0. The molecular weight excluding hydrogens is 314 g/mol. The monoisotopic (exact) mass is 335 g/mol. The summed E-state index contributed by atoms with van der Waals surface area (Å²) >= 11 is 1.77.